The highest BCUT2D eigenvalue weighted by Gasteiger charge is 2.14. The van der Waals surface area contributed by atoms with Crippen molar-refractivity contribution in [3.8, 4) is 5.75 Å². The van der Waals surface area contributed by atoms with Gasteiger partial charge in [-0.25, -0.2) is 17.6 Å². The monoisotopic (exact) mass is 498 g/mol. The molecule has 3 aromatic carbocycles. The molecule has 0 aromatic heterocycles. The molecule has 0 unspecified atom stereocenters. The van der Waals surface area contributed by atoms with Crippen LogP contribution in [0.4, 0.5) is 10.1 Å². The topological polar surface area (TPSA) is 111 Å². The summed E-state index contributed by atoms with van der Waals surface area (Å²) in [6.07, 6.45) is 2.57. The molecule has 0 aliphatic heterocycles. The van der Waals surface area contributed by atoms with Crippen LogP contribution in [-0.2, 0) is 30.9 Å². The van der Waals surface area contributed by atoms with Gasteiger partial charge in [-0.05, 0) is 65.7 Å². The van der Waals surface area contributed by atoms with Crippen LogP contribution in [0, 0.1) is 5.82 Å². The van der Waals surface area contributed by atoms with Crippen molar-refractivity contribution in [2.75, 3.05) is 18.4 Å². The summed E-state index contributed by atoms with van der Waals surface area (Å²) in [7, 11) is -2.28. The Bertz CT molecular complexity index is 1290. The summed E-state index contributed by atoms with van der Waals surface area (Å²) in [4.78, 5) is 23.7. The fourth-order valence-corrected chi connectivity index (χ4v) is 3.89. The number of ether oxygens (including phenoxy) is 2. The van der Waals surface area contributed by atoms with Gasteiger partial charge >= 0.3 is 5.97 Å². The zero-order chi connectivity index (χ0) is 25.3. The van der Waals surface area contributed by atoms with Crippen molar-refractivity contribution in [3.63, 3.8) is 0 Å². The van der Waals surface area contributed by atoms with Gasteiger partial charge < -0.3 is 14.8 Å². The third-order valence-corrected chi connectivity index (χ3v) is 6.09. The Morgan fingerprint density at radius 1 is 0.943 bits per heavy atom. The zero-order valence-corrected chi connectivity index (χ0v) is 19.5. The van der Waals surface area contributed by atoms with Crippen LogP contribution in [-0.4, -0.2) is 34.0 Å². The first-order valence-corrected chi connectivity index (χ1v) is 11.9. The minimum Gasteiger partial charge on any atom is -0.497 e. The normalized spacial score (nSPS) is 11.1. The van der Waals surface area contributed by atoms with E-state index in [0.717, 1.165) is 6.08 Å². The number of nitrogens with one attached hydrogen (secondary N) is 2. The smallest absolute Gasteiger partial charge is 0.331 e. The Hall–Kier alpha value is -4.18. The predicted octanol–water partition coefficient (Wildman–Crippen LogP) is 3.51. The number of hydrogen-bond donors (Lipinski definition) is 2. The van der Waals surface area contributed by atoms with Gasteiger partial charge in [0.25, 0.3) is 15.9 Å². The number of halogens is 1. The van der Waals surface area contributed by atoms with Crippen molar-refractivity contribution >= 4 is 33.7 Å². The van der Waals surface area contributed by atoms with Gasteiger partial charge in [0.2, 0.25) is 0 Å². The summed E-state index contributed by atoms with van der Waals surface area (Å²) in [5.41, 5.74) is 1.65. The molecule has 1 amide bonds. The van der Waals surface area contributed by atoms with E-state index in [1.165, 1.54) is 61.7 Å². The van der Waals surface area contributed by atoms with Gasteiger partial charge in [0.05, 0.1) is 12.0 Å². The van der Waals surface area contributed by atoms with Crippen LogP contribution in [0.2, 0.25) is 0 Å². The molecule has 0 saturated heterocycles. The van der Waals surface area contributed by atoms with Gasteiger partial charge in [0.1, 0.15) is 11.6 Å². The quantitative estimate of drug-likeness (QED) is 0.327. The second-order valence-electron chi connectivity index (χ2n) is 7.25. The number of carbonyl (C=O) groups excluding carboxylic acids is 2. The fraction of sp³-hybridized carbons (Fsp3) is 0.120. The highest BCUT2D eigenvalue weighted by atomic mass is 32.2. The molecule has 0 spiro atoms. The first-order valence-electron chi connectivity index (χ1n) is 10.4. The molecular formula is C25H23FN2O6S. The molecule has 2 N–H and O–H groups in total. The second-order valence-corrected chi connectivity index (χ2v) is 8.93. The highest BCUT2D eigenvalue weighted by molar-refractivity contribution is 7.92. The molecule has 0 aliphatic carbocycles. The molecule has 35 heavy (non-hydrogen) atoms. The van der Waals surface area contributed by atoms with Gasteiger partial charge in [-0.1, -0.05) is 24.3 Å². The minimum absolute atomic E-state index is 0.0471. The molecule has 0 aliphatic rings. The van der Waals surface area contributed by atoms with Gasteiger partial charge in [-0.15, -0.1) is 0 Å². The average Bonchev–Trinajstić information content (AvgIpc) is 2.86. The minimum atomic E-state index is -3.80. The number of carbonyl (C=O) groups is 2. The van der Waals surface area contributed by atoms with Gasteiger partial charge in [-0.2, -0.15) is 0 Å². The lowest BCUT2D eigenvalue weighted by atomic mass is 10.2. The molecular weight excluding hydrogens is 475 g/mol. The zero-order valence-electron chi connectivity index (χ0n) is 18.7. The molecule has 0 atom stereocenters. The summed E-state index contributed by atoms with van der Waals surface area (Å²) in [5.74, 6) is -1.01. The standard InChI is InChI=1S/C25H23FN2O6S/c1-33-22-11-9-21(10-12-22)28-35(31,32)23-13-4-18(5-14-23)6-15-25(30)34-17-24(29)27-16-19-2-7-20(26)8-3-19/h2-15,28H,16-17H2,1H3,(H,27,29)/b15-6+. The van der Waals surface area contributed by atoms with Crippen molar-refractivity contribution in [3.05, 3.63) is 95.8 Å². The molecule has 0 bridgehead atoms. The third kappa shape index (κ3) is 7.97. The molecule has 0 fully saturated rings. The van der Waals surface area contributed by atoms with Crippen molar-refractivity contribution in [2.24, 2.45) is 0 Å². The Morgan fingerprint density at radius 3 is 2.23 bits per heavy atom. The SMILES string of the molecule is COc1ccc(NS(=O)(=O)c2ccc(/C=C/C(=O)OCC(=O)NCc3ccc(F)cc3)cc2)cc1. The highest BCUT2D eigenvalue weighted by Crippen LogP contribution is 2.20. The van der Waals surface area contributed by atoms with Gasteiger partial charge in [0, 0.05) is 18.3 Å². The number of anilines is 1. The Balaban J connectivity index is 1.47. The van der Waals surface area contributed by atoms with E-state index in [1.54, 1.807) is 24.3 Å². The summed E-state index contributed by atoms with van der Waals surface area (Å²) in [5, 5.41) is 2.56. The van der Waals surface area contributed by atoms with E-state index in [1.807, 2.05) is 0 Å². The largest absolute Gasteiger partial charge is 0.497 e. The van der Waals surface area contributed by atoms with E-state index in [9.17, 15) is 22.4 Å². The number of methoxy groups -OCH3 is 1. The van der Waals surface area contributed by atoms with Crippen molar-refractivity contribution in [2.45, 2.75) is 11.4 Å². The molecule has 182 valence electrons. The van der Waals surface area contributed by atoms with Crippen LogP contribution in [0.25, 0.3) is 6.08 Å². The summed E-state index contributed by atoms with van der Waals surface area (Å²) in [6, 6.07) is 18.0. The number of amides is 1. The van der Waals surface area contributed by atoms with Crippen LogP contribution in [0.3, 0.4) is 0 Å². The maximum atomic E-state index is 12.9. The number of rotatable bonds is 10. The van der Waals surface area contributed by atoms with E-state index >= 15 is 0 Å². The van der Waals surface area contributed by atoms with E-state index in [-0.39, 0.29) is 17.3 Å². The molecule has 10 heteroatoms. The fourth-order valence-electron chi connectivity index (χ4n) is 2.83. The lowest BCUT2D eigenvalue weighted by Gasteiger charge is -2.09. The number of hydrogen-bond acceptors (Lipinski definition) is 6. The van der Waals surface area contributed by atoms with Crippen molar-refractivity contribution < 1.29 is 31.9 Å². The lowest BCUT2D eigenvalue weighted by Crippen LogP contribution is -2.28. The average molecular weight is 499 g/mol. The number of esters is 1. The van der Waals surface area contributed by atoms with Crippen LogP contribution in [0.15, 0.2) is 83.8 Å². The maximum absolute atomic E-state index is 12.9. The molecule has 0 heterocycles. The van der Waals surface area contributed by atoms with Gasteiger partial charge in [0.15, 0.2) is 6.61 Å². The van der Waals surface area contributed by atoms with E-state index in [4.69, 9.17) is 9.47 Å². The second kappa shape index (κ2) is 11.8. The summed E-state index contributed by atoms with van der Waals surface area (Å²) < 4.78 is 50.4. The summed E-state index contributed by atoms with van der Waals surface area (Å²) in [6.45, 7) is -0.298. The summed E-state index contributed by atoms with van der Waals surface area (Å²) >= 11 is 0. The lowest BCUT2D eigenvalue weighted by molar-refractivity contribution is -0.143. The van der Waals surface area contributed by atoms with E-state index < -0.39 is 28.5 Å². The Labute approximate surface area is 202 Å². The molecule has 0 radical (unpaired) electrons. The molecule has 3 rings (SSSR count). The first kappa shape index (κ1) is 25.4. The van der Waals surface area contributed by atoms with Crippen LogP contribution < -0.4 is 14.8 Å². The van der Waals surface area contributed by atoms with Crippen LogP contribution in [0.5, 0.6) is 5.75 Å². The van der Waals surface area contributed by atoms with Crippen molar-refractivity contribution in [1.82, 2.24) is 5.32 Å². The number of sulfonamides is 1. The van der Waals surface area contributed by atoms with E-state index in [2.05, 4.69) is 10.0 Å². The Morgan fingerprint density at radius 2 is 1.60 bits per heavy atom. The Kier molecular flexibility index (Phi) is 8.58. The molecule has 3 aromatic rings. The molecule has 8 nitrogen and oxygen atoms in total. The number of benzene rings is 3. The maximum Gasteiger partial charge on any atom is 0.331 e. The predicted molar refractivity (Wildman–Crippen MR) is 128 cm³/mol. The van der Waals surface area contributed by atoms with Crippen LogP contribution in [0.1, 0.15) is 11.1 Å². The van der Waals surface area contributed by atoms with Crippen LogP contribution >= 0.6 is 0 Å². The van der Waals surface area contributed by atoms with E-state index in [0.29, 0.717) is 22.6 Å². The van der Waals surface area contributed by atoms with Crippen molar-refractivity contribution in [1.29, 1.82) is 0 Å². The third-order valence-electron chi connectivity index (χ3n) is 4.69. The first-order chi connectivity index (χ1) is 16.7. The van der Waals surface area contributed by atoms with Gasteiger partial charge in [-0.3, -0.25) is 9.52 Å². The molecule has 0 saturated carbocycles.